The average molecular weight is 416 g/mol. The molecule has 2 aliphatic heterocycles. The summed E-state index contributed by atoms with van der Waals surface area (Å²) in [6.07, 6.45) is 6.08. The monoisotopic (exact) mass is 415 g/mol. The lowest BCUT2D eigenvalue weighted by atomic mass is 10.0. The Morgan fingerprint density at radius 2 is 2.21 bits per heavy atom. The topological polar surface area (TPSA) is 94.8 Å². The molecule has 0 spiro atoms. The second kappa shape index (κ2) is 8.25. The van der Waals surface area contributed by atoms with E-state index in [4.69, 9.17) is 10.5 Å². The summed E-state index contributed by atoms with van der Waals surface area (Å²) in [6, 6.07) is 4.64. The van der Waals surface area contributed by atoms with Crippen LogP contribution in [-0.4, -0.2) is 65.3 Å². The largest absolute Gasteiger partial charge is 0.382 e. The van der Waals surface area contributed by atoms with Crippen LogP contribution in [0.25, 0.3) is 10.9 Å². The van der Waals surface area contributed by atoms with Crippen molar-refractivity contribution < 1.29 is 4.74 Å². The van der Waals surface area contributed by atoms with Gasteiger partial charge in [0.15, 0.2) is 5.82 Å². The Labute approximate surface area is 175 Å². The van der Waals surface area contributed by atoms with Crippen LogP contribution in [0, 0.1) is 5.92 Å². The second-order valence-electron chi connectivity index (χ2n) is 7.64. The summed E-state index contributed by atoms with van der Waals surface area (Å²) in [4.78, 5) is 5.72. The molecule has 2 aromatic rings. The van der Waals surface area contributed by atoms with Crippen LogP contribution in [0.1, 0.15) is 25.5 Å². The lowest BCUT2D eigenvalue weighted by Gasteiger charge is -2.48. The number of H-pyrrole nitrogens is 1. The van der Waals surface area contributed by atoms with Gasteiger partial charge in [-0.3, -0.25) is 10.1 Å². The first-order valence-electron chi connectivity index (χ1n) is 9.92. The summed E-state index contributed by atoms with van der Waals surface area (Å²) in [5.74, 6) is 1.83. The summed E-state index contributed by atoms with van der Waals surface area (Å²) >= 11 is 1.68. The molecule has 8 nitrogen and oxygen atoms in total. The highest BCUT2D eigenvalue weighted by Crippen LogP contribution is 2.37. The Hall–Kier alpha value is -2.23. The fourth-order valence-corrected chi connectivity index (χ4v) is 4.77. The van der Waals surface area contributed by atoms with Crippen LogP contribution in [0.3, 0.4) is 0 Å². The fraction of sp³-hybridized carbons (Fsp3) is 0.500. The van der Waals surface area contributed by atoms with Gasteiger partial charge < -0.3 is 15.8 Å². The standard InChI is InChI=1S/C20H29N7OS/c1-12(2)16-11-28-8-7-26(16)27-15(5-6-23-20(27)22-3)13-9-14-18(17(10-13)29-4)19(21)25-24-14/h5-6,9-10,12,15-16H,7-8,11H2,1-4H3,(H,22,23)(H3,21,24,25). The molecule has 156 valence electrons. The van der Waals surface area contributed by atoms with Crippen LogP contribution in [0.2, 0.25) is 0 Å². The molecule has 0 radical (unpaired) electrons. The number of hydrogen-bond donors (Lipinski definition) is 3. The molecule has 2 atom stereocenters. The highest BCUT2D eigenvalue weighted by Gasteiger charge is 2.37. The number of hydrazine groups is 1. The normalized spacial score (nSPS) is 23.1. The van der Waals surface area contributed by atoms with E-state index in [-0.39, 0.29) is 12.1 Å². The first kappa shape index (κ1) is 20.1. The predicted molar refractivity (Wildman–Crippen MR) is 119 cm³/mol. The van der Waals surface area contributed by atoms with Crippen molar-refractivity contribution in [3.05, 3.63) is 30.0 Å². The number of rotatable bonds is 4. The van der Waals surface area contributed by atoms with E-state index in [1.54, 1.807) is 11.8 Å². The van der Waals surface area contributed by atoms with Crippen molar-refractivity contribution in [1.29, 1.82) is 0 Å². The number of aromatic nitrogens is 2. The molecule has 29 heavy (non-hydrogen) atoms. The molecule has 0 aliphatic carbocycles. The van der Waals surface area contributed by atoms with Crippen molar-refractivity contribution >= 4 is 34.4 Å². The maximum atomic E-state index is 6.09. The minimum atomic E-state index is 0.00845. The van der Waals surface area contributed by atoms with Gasteiger partial charge in [-0.1, -0.05) is 13.8 Å². The second-order valence-corrected chi connectivity index (χ2v) is 8.49. The number of hydrogen-bond acceptors (Lipinski definition) is 8. The Morgan fingerprint density at radius 3 is 2.93 bits per heavy atom. The Kier molecular flexibility index (Phi) is 5.71. The van der Waals surface area contributed by atoms with Crippen LogP contribution in [0.4, 0.5) is 5.82 Å². The molecular formula is C20H29N7OS. The summed E-state index contributed by atoms with van der Waals surface area (Å²) in [6.45, 7) is 6.72. The van der Waals surface area contributed by atoms with Gasteiger partial charge >= 0.3 is 0 Å². The zero-order valence-electron chi connectivity index (χ0n) is 17.3. The number of ether oxygens (including phenoxy) is 1. The molecule has 0 bridgehead atoms. The highest BCUT2D eigenvalue weighted by molar-refractivity contribution is 7.98. The Bertz CT molecular complexity index is 938. The molecule has 9 heteroatoms. The van der Waals surface area contributed by atoms with Crippen molar-refractivity contribution in [3.8, 4) is 0 Å². The SMILES string of the molecule is CNC1=NC=CC(c2cc(SC)c3c(N)n[nH]c3c2)N1N1CCOCC1C(C)C. The van der Waals surface area contributed by atoms with Gasteiger partial charge in [-0.05, 0) is 35.9 Å². The maximum Gasteiger partial charge on any atom is 0.214 e. The molecule has 0 saturated carbocycles. The maximum absolute atomic E-state index is 6.09. The fourth-order valence-electron chi connectivity index (χ4n) is 4.10. The van der Waals surface area contributed by atoms with E-state index in [9.17, 15) is 0 Å². The van der Waals surface area contributed by atoms with Gasteiger partial charge in [-0.2, -0.15) is 5.10 Å². The quantitative estimate of drug-likeness (QED) is 0.661. The number of benzene rings is 1. The van der Waals surface area contributed by atoms with E-state index in [1.807, 2.05) is 13.2 Å². The molecule has 4 rings (SSSR count). The van der Waals surface area contributed by atoms with Gasteiger partial charge in [0.25, 0.3) is 0 Å². The molecular weight excluding hydrogens is 386 g/mol. The van der Waals surface area contributed by atoms with Gasteiger partial charge in [0, 0.05) is 24.7 Å². The third kappa shape index (κ3) is 3.58. The average Bonchev–Trinajstić information content (AvgIpc) is 3.13. The van der Waals surface area contributed by atoms with Gasteiger partial charge in [0.05, 0.1) is 36.2 Å². The number of thioether (sulfide) groups is 1. The minimum absolute atomic E-state index is 0.00845. The van der Waals surface area contributed by atoms with Crippen LogP contribution < -0.4 is 11.1 Å². The van der Waals surface area contributed by atoms with Gasteiger partial charge in [-0.25, -0.2) is 10.0 Å². The molecule has 1 fully saturated rings. The zero-order chi connectivity index (χ0) is 20.5. The number of anilines is 1. The number of fused-ring (bicyclic) bond motifs is 1. The van der Waals surface area contributed by atoms with Crippen molar-refractivity contribution in [2.45, 2.75) is 30.8 Å². The number of guanidine groups is 1. The number of aliphatic imine (C=N–C) groups is 1. The lowest BCUT2D eigenvalue weighted by Crippen LogP contribution is -2.61. The van der Waals surface area contributed by atoms with Crippen molar-refractivity contribution in [2.24, 2.45) is 10.9 Å². The van der Waals surface area contributed by atoms with Crippen molar-refractivity contribution in [3.63, 3.8) is 0 Å². The van der Waals surface area contributed by atoms with E-state index in [2.05, 4.69) is 68.8 Å². The lowest BCUT2D eigenvalue weighted by molar-refractivity contribution is -0.119. The first-order chi connectivity index (χ1) is 14.0. The summed E-state index contributed by atoms with van der Waals surface area (Å²) in [5, 5.41) is 16.2. The predicted octanol–water partition coefficient (Wildman–Crippen LogP) is 2.58. The summed E-state index contributed by atoms with van der Waals surface area (Å²) < 4.78 is 5.79. The molecule has 0 amide bonds. The zero-order valence-corrected chi connectivity index (χ0v) is 18.2. The van der Waals surface area contributed by atoms with Crippen LogP contribution in [0.15, 0.2) is 34.3 Å². The van der Waals surface area contributed by atoms with E-state index in [1.165, 1.54) is 5.56 Å². The molecule has 4 N–H and O–H groups in total. The number of nitrogen functional groups attached to an aromatic ring is 1. The molecule has 1 aromatic carbocycles. The van der Waals surface area contributed by atoms with Crippen LogP contribution in [-0.2, 0) is 4.74 Å². The molecule has 2 unspecified atom stereocenters. The molecule has 1 aromatic heterocycles. The molecule has 2 aliphatic rings. The van der Waals surface area contributed by atoms with E-state index in [0.717, 1.165) is 28.3 Å². The Balaban J connectivity index is 1.80. The molecule has 3 heterocycles. The van der Waals surface area contributed by atoms with E-state index >= 15 is 0 Å². The third-order valence-corrected chi connectivity index (χ3v) is 6.35. The number of nitrogens with one attached hydrogen (secondary N) is 2. The minimum Gasteiger partial charge on any atom is -0.382 e. The van der Waals surface area contributed by atoms with Gasteiger partial charge in [0.1, 0.15) is 0 Å². The highest BCUT2D eigenvalue weighted by atomic mass is 32.2. The number of nitrogens with zero attached hydrogens (tertiary/aromatic N) is 4. The van der Waals surface area contributed by atoms with Gasteiger partial charge in [-0.15, -0.1) is 11.8 Å². The van der Waals surface area contributed by atoms with E-state index in [0.29, 0.717) is 24.9 Å². The van der Waals surface area contributed by atoms with Crippen molar-refractivity contribution in [1.82, 2.24) is 25.5 Å². The summed E-state index contributed by atoms with van der Waals surface area (Å²) in [5.41, 5.74) is 8.21. The van der Waals surface area contributed by atoms with Gasteiger partial charge in [0.2, 0.25) is 5.96 Å². The number of nitrogens with two attached hydrogens (primary N) is 1. The van der Waals surface area contributed by atoms with Crippen molar-refractivity contribution in [2.75, 3.05) is 38.8 Å². The van der Waals surface area contributed by atoms with Crippen LogP contribution in [0.5, 0.6) is 0 Å². The smallest absolute Gasteiger partial charge is 0.214 e. The van der Waals surface area contributed by atoms with E-state index < -0.39 is 0 Å². The van der Waals surface area contributed by atoms with Crippen LogP contribution >= 0.6 is 11.8 Å². The number of aromatic amines is 1. The number of morpholine rings is 1. The molecule has 1 saturated heterocycles. The summed E-state index contributed by atoms with van der Waals surface area (Å²) in [7, 11) is 1.92. The first-order valence-corrected chi connectivity index (χ1v) is 11.1. The Morgan fingerprint density at radius 1 is 1.38 bits per heavy atom. The third-order valence-electron chi connectivity index (χ3n) is 5.59.